The van der Waals surface area contributed by atoms with E-state index in [0.717, 1.165) is 0 Å². The summed E-state index contributed by atoms with van der Waals surface area (Å²) in [7, 11) is 0. The molecule has 0 atom stereocenters. The minimum atomic E-state index is -0.382. The molecule has 1 aromatic heterocycles. The fraction of sp³-hybridized carbons (Fsp3) is 0. The number of nitrogens with one attached hydrogen (secondary N) is 1. The van der Waals surface area contributed by atoms with E-state index < -0.39 is 0 Å². The van der Waals surface area contributed by atoms with Gasteiger partial charge in [0.1, 0.15) is 5.52 Å². The van der Waals surface area contributed by atoms with Crippen LogP contribution in [0, 0.1) is 5.82 Å². The lowest BCUT2D eigenvalue weighted by Crippen LogP contribution is -1.84. The average Bonchev–Trinajstić information content (AvgIpc) is 2.29. The minimum absolute atomic E-state index is 0.224. The Bertz CT molecular complexity index is 437. The molecule has 2 rings (SSSR count). The highest BCUT2D eigenvalue weighted by Crippen LogP contribution is 2.21. The lowest BCUT2D eigenvalue weighted by molar-refractivity contribution is 0.636. The molecule has 0 aliphatic carbocycles. The summed E-state index contributed by atoms with van der Waals surface area (Å²) in [6.07, 6.45) is 0. The van der Waals surface area contributed by atoms with Crippen LogP contribution in [0.3, 0.4) is 0 Å². The smallest absolute Gasteiger partial charge is 0.198 e. The Morgan fingerprint density at radius 2 is 2.25 bits per heavy atom. The molecule has 3 N–H and O–H groups in total. The van der Waals surface area contributed by atoms with Crippen LogP contribution in [0.4, 0.5) is 10.3 Å². The Balaban J connectivity index is 2.88. The molecule has 0 spiro atoms. The van der Waals surface area contributed by atoms with Gasteiger partial charge in [-0.25, -0.2) is 9.37 Å². The first kappa shape index (κ1) is 7.54. The van der Waals surface area contributed by atoms with Crippen LogP contribution in [0.25, 0.3) is 11.0 Å². The van der Waals surface area contributed by atoms with Crippen molar-refractivity contribution < 1.29 is 4.39 Å². The van der Waals surface area contributed by atoms with E-state index in [4.69, 9.17) is 5.73 Å². The third kappa shape index (κ3) is 1.06. The fourth-order valence-electron chi connectivity index (χ4n) is 1.06. The van der Waals surface area contributed by atoms with Crippen molar-refractivity contribution in [2.24, 2.45) is 0 Å². The molecule has 0 fully saturated rings. The topological polar surface area (TPSA) is 54.7 Å². The first-order valence-electron chi connectivity index (χ1n) is 3.27. The molecule has 0 radical (unpaired) electrons. The molecule has 0 bridgehead atoms. The number of hydrogen-bond donors (Lipinski definition) is 2. The summed E-state index contributed by atoms with van der Waals surface area (Å²) in [5.74, 6) is -0.158. The zero-order valence-electron chi connectivity index (χ0n) is 5.94. The van der Waals surface area contributed by atoms with Gasteiger partial charge in [0.05, 0.1) is 5.52 Å². The molecule has 5 heteroatoms. The number of fused-ring (bicyclic) bond motifs is 1. The van der Waals surface area contributed by atoms with Gasteiger partial charge in [0.25, 0.3) is 0 Å². The summed E-state index contributed by atoms with van der Waals surface area (Å²) in [6, 6.07) is 3.07. The summed E-state index contributed by atoms with van der Waals surface area (Å²) >= 11 is 3.16. The van der Waals surface area contributed by atoms with Crippen LogP contribution < -0.4 is 5.73 Å². The van der Waals surface area contributed by atoms with E-state index in [-0.39, 0.29) is 17.3 Å². The number of hydrogen-bond acceptors (Lipinski definition) is 2. The van der Waals surface area contributed by atoms with Gasteiger partial charge in [-0.2, -0.15) is 0 Å². The molecule has 3 nitrogen and oxygen atoms in total. The molecule has 0 unspecified atom stereocenters. The maximum absolute atomic E-state index is 13.1. The molecule has 0 aliphatic rings. The van der Waals surface area contributed by atoms with Gasteiger partial charge in [-0.15, -0.1) is 0 Å². The summed E-state index contributed by atoms with van der Waals surface area (Å²) in [5.41, 5.74) is 6.23. The maximum Gasteiger partial charge on any atom is 0.198 e. The number of benzene rings is 1. The van der Waals surface area contributed by atoms with E-state index in [9.17, 15) is 4.39 Å². The number of aromatic nitrogens is 2. The molecule has 0 aliphatic heterocycles. The Kier molecular flexibility index (Phi) is 1.54. The first-order chi connectivity index (χ1) is 5.66. The number of nitrogens with zero attached hydrogens (tertiary/aromatic N) is 1. The summed E-state index contributed by atoms with van der Waals surface area (Å²) in [4.78, 5) is 6.52. The van der Waals surface area contributed by atoms with Gasteiger partial charge in [-0.05, 0) is 12.1 Å². The second kappa shape index (κ2) is 2.45. The van der Waals surface area contributed by atoms with E-state index in [1.165, 1.54) is 6.07 Å². The van der Waals surface area contributed by atoms with Crippen LogP contribution in [0.1, 0.15) is 0 Å². The number of H-pyrrole nitrogens is 1. The van der Waals surface area contributed by atoms with Crippen molar-refractivity contribution in [2.45, 2.75) is 0 Å². The SMILES string of the molecule is Nc1nc2c(F)cc(Br)cc2[nH]1. The lowest BCUT2D eigenvalue weighted by Gasteiger charge is -1.91. The number of halogens is 2. The third-order valence-corrected chi connectivity index (χ3v) is 1.98. The molecule has 0 saturated heterocycles. The largest absolute Gasteiger partial charge is 0.369 e. The Morgan fingerprint density at radius 3 is 3.00 bits per heavy atom. The number of anilines is 1. The number of aromatic amines is 1. The van der Waals surface area contributed by atoms with Crippen LogP contribution in [0.2, 0.25) is 0 Å². The molecular weight excluding hydrogens is 225 g/mol. The van der Waals surface area contributed by atoms with Crippen molar-refractivity contribution in [1.29, 1.82) is 0 Å². The summed E-state index contributed by atoms with van der Waals surface area (Å²) in [6.45, 7) is 0. The Morgan fingerprint density at radius 1 is 1.50 bits per heavy atom. The molecule has 1 aromatic carbocycles. The second-order valence-electron chi connectivity index (χ2n) is 2.41. The molecule has 2 aromatic rings. The first-order valence-corrected chi connectivity index (χ1v) is 4.06. The minimum Gasteiger partial charge on any atom is -0.369 e. The Hall–Kier alpha value is -1.10. The monoisotopic (exact) mass is 229 g/mol. The Labute approximate surface area is 75.9 Å². The zero-order valence-corrected chi connectivity index (χ0v) is 7.52. The molecular formula is C7H5BrFN3. The quantitative estimate of drug-likeness (QED) is 0.727. The van der Waals surface area contributed by atoms with Crippen molar-refractivity contribution in [2.75, 3.05) is 5.73 Å². The van der Waals surface area contributed by atoms with Crippen molar-refractivity contribution in [3.8, 4) is 0 Å². The number of rotatable bonds is 0. The van der Waals surface area contributed by atoms with Crippen LogP contribution in [0.15, 0.2) is 16.6 Å². The highest BCUT2D eigenvalue weighted by molar-refractivity contribution is 9.10. The summed E-state index contributed by atoms with van der Waals surface area (Å²) < 4.78 is 13.8. The van der Waals surface area contributed by atoms with E-state index in [2.05, 4.69) is 25.9 Å². The van der Waals surface area contributed by atoms with E-state index in [1.54, 1.807) is 6.07 Å². The van der Waals surface area contributed by atoms with Gasteiger partial charge in [-0.1, -0.05) is 15.9 Å². The van der Waals surface area contributed by atoms with Crippen LogP contribution in [-0.4, -0.2) is 9.97 Å². The number of imidazole rings is 1. The highest BCUT2D eigenvalue weighted by Gasteiger charge is 2.06. The zero-order chi connectivity index (χ0) is 8.72. The maximum atomic E-state index is 13.1. The summed E-state index contributed by atoms with van der Waals surface area (Å²) in [5, 5.41) is 0. The predicted octanol–water partition coefficient (Wildman–Crippen LogP) is 2.05. The highest BCUT2D eigenvalue weighted by atomic mass is 79.9. The van der Waals surface area contributed by atoms with Crippen LogP contribution in [0.5, 0.6) is 0 Å². The van der Waals surface area contributed by atoms with Gasteiger partial charge in [0, 0.05) is 4.47 Å². The van der Waals surface area contributed by atoms with Crippen molar-refractivity contribution in [3.63, 3.8) is 0 Å². The molecule has 62 valence electrons. The van der Waals surface area contributed by atoms with Crippen LogP contribution in [-0.2, 0) is 0 Å². The van der Waals surface area contributed by atoms with Crippen molar-refractivity contribution >= 4 is 32.9 Å². The standard InChI is InChI=1S/C7H5BrFN3/c8-3-1-4(9)6-5(2-3)11-7(10)12-6/h1-2H,(H3,10,11,12). The van der Waals surface area contributed by atoms with Gasteiger partial charge >= 0.3 is 0 Å². The van der Waals surface area contributed by atoms with Gasteiger partial charge in [-0.3, -0.25) is 0 Å². The molecule has 0 saturated carbocycles. The number of nitrogens with two attached hydrogens (primary N) is 1. The van der Waals surface area contributed by atoms with Gasteiger partial charge < -0.3 is 10.7 Å². The second-order valence-corrected chi connectivity index (χ2v) is 3.32. The fourth-order valence-corrected chi connectivity index (χ4v) is 1.49. The third-order valence-electron chi connectivity index (χ3n) is 1.52. The van der Waals surface area contributed by atoms with Gasteiger partial charge in [0.2, 0.25) is 0 Å². The normalized spacial score (nSPS) is 10.8. The average molecular weight is 230 g/mol. The van der Waals surface area contributed by atoms with Crippen LogP contribution >= 0.6 is 15.9 Å². The van der Waals surface area contributed by atoms with Crippen molar-refractivity contribution in [3.05, 3.63) is 22.4 Å². The van der Waals surface area contributed by atoms with E-state index >= 15 is 0 Å². The van der Waals surface area contributed by atoms with Gasteiger partial charge in [0.15, 0.2) is 11.8 Å². The van der Waals surface area contributed by atoms with Crippen molar-refractivity contribution in [1.82, 2.24) is 9.97 Å². The lowest BCUT2D eigenvalue weighted by atomic mass is 10.3. The number of nitrogen functional groups attached to an aromatic ring is 1. The van der Waals surface area contributed by atoms with E-state index in [0.29, 0.717) is 9.99 Å². The molecule has 0 amide bonds. The molecule has 12 heavy (non-hydrogen) atoms. The molecule has 1 heterocycles. The predicted molar refractivity (Wildman–Crippen MR) is 48.2 cm³/mol. The van der Waals surface area contributed by atoms with E-state index in [1.807, 2.05) is 0 Å².